The summed E-state index contributed by atoms with van der Waals surface area (Å²) in [7, 11) is 0. The van der Waals surface area contributed by atoms with Crippen LogP contribution in [0.3, 0.4) is 0 Å². The highest BCUT2D eigenvalue weighted by Crippen LogP contribution is 2.24. The zero-order valence-corrected chi connectivity index (χ0v) is 10.9. The van der Waals surface area contributed by atoms with Gasteiger partial charge in [0.25, 0.3) is 0 Å². The summed E-state index contributed by atoms with van der Waals surface area (Å²) >= 11 is 1.33. The lowest BCUT2D eigenvalue weighted by atomic mass is 10.2. The first kappa shape index (κ1) is 11.8. The van der Waals surface area contributed by atoms with E-state index in [1.165, 1.54) is 17.9 Å². The minimum absolute atomic E-state index is 0.0268. The molecule has 19 heavy (non-hydrogen) atoms. The van der Waals surface area contributed by atoms with Crippen LogP contribution in [0.4, 0.5) is 0 Å². The number of carbonyl (C=O) groups is 1. The van der Waals surface area contributed by atoms with Crippen molar-refractivity contribution in [3.63, 3.8) is 0 Å². The predicted molar refractivity (Wildman–Crippen MR) is 70.4 cm³/mol. The molecule has 1 N–H and O–H groups in total. The van der Waals surface area contributed by atoms with Crippen LogP contribution in [0, 0.1) is 0 Å². The molecule has 7 heteroatoms. The fourth-order valence-corrected chi connectivity index (χ4v) is 2.49. The zero-order chi connectivity index (χ0) is 13.4. The summed E-state index contributed by atoms with van der Waals surface area (Å²) in [6.07, 6.45) is 3.97. The predicted octanol–water partition coefficient (Wildman–Crippen LogP) is 2.11. The van der Waals surface area contributed by atoms with Gasteiger partial charge >= 0.3 is 5.97 Å². The monoisotopic (exact) mass is 274 g/mol. The van der Waals surface area contributed by atoms with E-state index in [4.69, 9.17) is 5.11 Å². The summed E-state index contributed by atoms with van der Waals surface area (Å²) in [5, 5.41) is 9.13. The number of hydrogen-bond donors (Lipinski definition) is 1. The fraction of sp³-hybridized carbons (Fsp3) is 0.167. The molecule has 0 bridgehead atoms. The molecule has 0 aliphatic heterocycles. The molecular weight excluding hydrogens is 264 g/mol. The Morgan fingerprint density at radius 1 is 1.53 bits per heavy atom. The van der Waals surface area contributed by atoms with Gasteiger partial charge in [-0.1, -0.05) is 6.92 Å². The van der Waals surface area contributed by atoms with Crippen LogP contribution >= 0.6 is 11.5 Å². The molecule has 3 aromatic heterocycles. The molecule has 3 heterocycles. The Kier molecular flexibility index (Phi) is 2.75. The standard InChI is InChI=1S/C12H10N4O2S/c1-2-7-5-8(9-3-4-14-19-9)15-11-10(12(17)18)13-6-16(7)11/h3-6H,2H2,1H3,(H,17,18). The molecule has 0 saturated carbocycles. The van der Waals surface area contributed by atoms with Crippen LogP contribution in [0.25, 0.3) is 16.2 Å². The summed E-state index contributed by atoms with van der Waals surface area (Å²) < 4.78 is 5.76. The van der Waals surface area contributed by atoms with Gasteiger partial charge < -0.3 is 5.11 Å². The lowest BCUT2D eigenvalue weighted by Gasteiger charge is -2.05. The Morgan fingerprint density at radius 3 is 3.00 bits per heavy atom. The number of aromatic carboxylic acids is 1. The van der Waals surface area contributed by atoms with Crippen molar-refractivity contribution in [2.45, 2.75) is 13.3 Å². The third kappa shape index (κ3) is 1.88. The lowest BCUT2D eigenvalue weighted by molar-refractivity contribution is 0.0693. The summed E-state index contributed by atoms with van der Waals surface area (Å²) in [5.41, 5.74) is 2.04. The first-order chi connectivity index (χ1) is 9.20. The summed E-state index contributed by atoms with van der Waals surface area (Å²) in [6, 6.07) is 3.80. The van der Waals surface area contributed by atoms with Gasteiger partial charge in [-0.25, -0.2) is 19.1 Å². The zero-order valence-electron chi connectivity index (χ0n) is 10.1. The molecule has 0 spiro atoms. The Labute approximate surface area is 112 Å². The number of hydrogen-bond acceptors (Lipinski definition) is 5. The molecule has 96 valence electrons. The van der Waals surface area contributed by atoms with Crippen LogP contribution in [0.15, 0.2) is 24.7 Å². The normalized spacial score (nSPS) is 11.0. The number of imidazole rings is 1. The second-order valence-corrected chi connectivity index (χ2v) is 4.79. The average Bonchev–Trinajstić information content (AvgIpc) is 3.06. The van der Waals surface area contributed by atoms with Gasteiger partial charge in [0.2, 0.25) is 0 Å². The van der Waals surface area contributed by atoms with Crippen molar-refractivity contribution >= 4 is 23.1 Å². The molecule has 3 aromatic rings. The number of nitrogens with zero attached hydrogens (tertiary/aromatic N) is 4. The molecule has 0 amide bonds. The number of carboxylic acid groups (broad SMARTS) is 1. The maximum Gasteiger partial charge on any atom is 0.358 e. The molecule has 0 unspecified atom stereocenters. The molecule has 0 aromatic carbocycles. The van der Waals surface area contributed by atoms with Crippen LogP contribution < -0.4 is 0 Å². The van der Waals surface area contributed by atoms with Crippen molar-refractivity contribution in [1.29, 1.82) is 0 Å². The van der Waals surface area contributed by atoms with E-state index in [9.17, 15) is 4.79 Å². The second-order valence-electron chi connectivity index (χ2n) is 3.95. The third-order valence-electron chi connectivity index (χ3n) is 2.84. The highest BCUT2D eigenvalue weighted by atomic mass is 32.1. The quantitative estimate of drug-likeness (QED) is 0.791. The molecular formula is C12H10N4O2S. The first-order valence-corrected chi connectivity index (χ1v) is 6.49. The summed E-state index contributed by atoms with van der Waals surface area (Å²) in [5.74, 6) is -1.07. The minimum atomic E-state index is -1.07. The van der Waals surface area contributed by atoms with Gasteiger partial charge in [0, 0.05) is 11.9 Å². The first-order valence-electron chi connectivity index (χ1n) is 5.72. The number of rotatable bonds is 3. The van der Waals surface area contributed by atoms with E-state index in [2.05, 4.69) is 14.3 Å². The summed E-state index contributed by atoms with van der Waals surface area (Å²) in [4.78, 5) is 20.4. The SMILES string of the molecule is CCc1cc(-c2ccns2)nc2c(C(=O)O)ncn12. The van der Waals surface area contributed by atoms with Crippen molar-refractivity contribution < 1.29 is 9.90 Å². The fourth-order valence-electron chi connectivity index (χ4n) is 1.93. The average molecular weight is 274 g/mol. The van der Waals surface area contributed by atoms with Gasteiger partial charge in [0.1, 0.15) is 6.33 Å². The van der Waals surface area contributed by atoms with Crippen LogP contribution in [-0.2, 0) is 6.42 Å². The largest absolute Gasteiger partial charge is 0.476 e. The molecule has 0 radical (unpaired) electrons. The molecule has 0 saturated heterocycles. The van der Waals surface area contributed by atoms with Gasteiger partial charge in [-0.15, -0.1) is 0 Å². The van der Waals surface area contributed by atoms with Crippen LogP contribution in [0.1, 0.15) is 23.1 Å². The van der Waals surface area contributed by atoms with Crippen molar-refractivity contribution in [2.75, 3.05) is 0 Å². The Hall–Kier alpha value is -2.28. The molecule has 0 aliphatic carbocycles. The van der Waals surface area contributed by atoms with Crippen molar-refractivity contribution in [2.24, 2.45) is 0 Å². The van der Waals surface area contributed by atoms with E-state index in [1.54, 1.807) is 10.6 Å². The van der Waals surface area contributed by atoms with E-state index in [-0.39, 0.29) is 5.69 Å². The van der Waals surface area contributed by atoms with Gasteiger partial charge in [0.05, 0.1) is 10.6 Å². The second kappa shape index (κ2) is 4.43. The number of fused-ring (bicyclic) bond motifs is 1. The molecule has 0 atom stereocenters. The topological polar surface area (TPSA) is 80.4 Å². The Morgan fingerprint density at radius 2 is 2.37 bits per heavy atom. The Balaban J connectivity index is 2.31. The van der Waals surface area contributed by atoms with Crippen LogP contribution in [0.5, 0.6) is 0 Å². The molecule has 6 nitrogen and oxygen atoms in total. The van der Waals surface area contributed by atoms with Crippen LogP contribution in [0.2, 0.25) is 0 Å². The third-order valence-corrected chi connectivity index (χ3v) is 3.61. The van der Waals surface area contributed by atoms with Crippen molar-refractivity contribution in [1.82, 2.24) is 18.7 Å². The lowest BCUT2D eigenvalue weighted by Crippen LogP contribution is -2.02. The van der Waals surface area contributed by atoms with Crippen LogP contribution in [-0.4, -0.2) is 29.8 Å². The number of aryl methyl sites for hydroxylation is 1. The van der Waals surface area contributed by atoms with E-state index < -0.39 is 5.97 Å². The number of aromatic nitrogens is 4. The Bertz CT molecular complexity index is 749. The molecule has 0 fully saturated rings. The smallest absolute Gasteiger partial charge is 0.358 e. The van der Waals surface area contributed by atoms with E-state index >= 15 is 0 Å². The van der Waals surface area contributed by atoms with Gasteiger partial charge in [0.15, 0.2) is 11.3 Å². The number of carboxylic acids is 1. The highest BCUT2D eigenvalue weighted by molar-refractivity contribution is 7.09. The molecule has 0 aliphatic rings. The van der Waals surface area contributed by atoms with Gasteiger partial charge in [-0.05, 0) is 30.1 Å². The van der Waals surface area contributed by atoms with Gasteiger partial charge in [-0.2, -0.15) is 0 Å². The maximum absolute atomic E-state index is 11.1. The van der Waals surface area contributed by atoms with Crippen molar-refractivity contribution in [3.05, 3.63) is 36.0 Å². The molecule has 3 rings (SSSR count). The van der Waals surface area contributed by atoms with E-state index in [0.717, 1.165) is 22.7 Å². The van der Waals surface area contributed by atoms with Gasteiger partial charge in [-0.3, -0.25) is 4.40 Å². The van der Waals surface area contributed by atoms with Crippen molar-refractivity contribution in [3.8, 4) is 10.6 Å². The van der Waals surface area contributed by atoms with E-state index in [1.807, 2.05) is 19.1 Å². The maximum atomic E-state index is 11.1. The summed E-state index contributed by atoms with van der Waals surface area (Å²) in [6.45, 7) is 2.01. The van der Waals surface area contributed by atoms with E-state index in [0.29, 0.717) is 5.65 Å². The highest BCUT2D eigenvalue weighted by Gasteiger charge is 2.16. The minimum Gasteiger partial charge on any atom is -0.476 e.